The maximum absolute atomic E-state index is 5.34. The molecule has 44 valence electrons. The average molecular weight is 124 g/mol. The molecule has 0 N–H and O–H groups in total. The van der Waals surface area contributed by atoms with Crippen LogP contribution in [0.4, 0.5) is 0 Å². The van der Waals surface area contributed by atoms with Crippen molar-refractivity contribution in [1.82, 2.24) is 0 Å². The van der Waals surface area contributed by atoms with Gasteiger partial charge in [-0.05, 0) is 19.3 Å². The van der Waals surface area contributed by atoms with Crippen LogP contribution in [0.15, 0.2) is 0 Å². The van der Waals surface area contributed by atoms with Gasteiger partial charge in [0.1, 0.15) is 0 Å². The van der Waals surface area contributed by atoms with Crippen LogP contribution in [0.2, 0.25) is 0 Å². The number of hydrogen-bond acceptors (Lipinski definition) is 1. The summed E-state index contributed by atoms with van der Waals surface area (Å²) in [6.07, 6.45) is 4.01. The second kappa shape index (κ2) is 4.63. The van der Waals surface area contributed by atoms with Gasteiger partial charge >= 0.3 is 18.9 Å². The first kappa shape index (κ1) is 8.77. The zero-order valence-electron chi connectivity index (χ0n) is 6.81. The number of hydrogen-bond donors (Lipinski definition) is 0. The van der Waals surface area contributed by atoms with E-state index in [0.29, 0.717) is 5.73 Å². The van der Waals surface area contributed by atoms with E-state index in [2.05, 4.69) is 0 Å². The summed E-state index contributed by atoms with van der Waals surface area (Å²) < 4.78 is 5.34. The van der Waals surface area contributed by atoms with E-state index in [-0.39, 0.29) is 20.3 Å². The van der Waals surface area contributed by atoms with E-state index >= 15 is 0 Å². The molecule has 1 unspecified atom stereocenters. The first-order valence-corrected chi connectivity index (χ1v) is 4.16. The molecule has 0 radical (unpaired) electrons. The molecule has 0 aromatic carbocycles. The quantitative estimate of drug-likeness (QED) is 0.313. The smallest absolute Gasteiger partial charge is 1.00 e. The van der Waals surface area contributed by atoms with Crippen molar-refractivity contribution in [3.8, 4) is 0 Å². The van der Waals surface area contributed by atoms with Gasteiger partial charge in [0.25, 0.3) is 0 Å². The van der Waals surface area contributed by atoms with Crippen molar-refractivity contribution >= 4 is 10.2 Å². The Morgan fingerprint density at radius 1 is 1.50 bits per heavy atom. The Bertz CT molecular complexity index is 58.9. The van der Waals surface area contributed by atoms with Gasteiger partial charge < -0.3 is 6.16 Å². The minimum absolute atomic E-state index is 0. The first-order valence-electron chi connectivity index (χ1n) is 3.01. The van der Waals surface area contributed by atoms with Crippen LogP contribution in [0.5, 0.6) is 0 Å². The first-order chi connectivity index (χ1) is 3.39. The van der Waals surface area contributed by atoms with Crippen molar-refractivity contribution in [3.05, 3.63) is 0 Å². The summed E-state index contributed by atoms with van der Waals surface area (Å²) in [5.74, 6) is 0. The molecule has 1 aliphatic heterocycles. The topological polar surface area (TPSA) is 9.23 Å². The molecular formula is C5H13LiOSi. The molecule has 3 heteroatoms. The molecular weight excluding hydrogens is 111 g/mol. The van der Waals surface area contributed by atoms with E-state index in [1.54, 1.807) is 0 Å². The summed E-state index contributed by atoms with van der Waals surface area (Å²) in [6, 6.07) is 0. The molecule has 1 nitrogen and oxygen atoms in total. The van der Waals surface area contributed by atoms with Crippen molar-refractivity contribution in [2.75, 3.05) is 6.61 Å². The predicted octanol–water partition coefficient (Wildman–Crippen LogP) is -3.01. The molecule has 0 aromatic heterocycles. The molecule has 0 saturated carbocycles. The standard InChI is InChI=1S/C5H12OSi.Li.H/c7-5-3-1-2-4-6-5;;/h5H,1-4H2,7H3;;/q;+1;-1. The van der Waals surface area contributed by atoms with Gasteiger partial charge in [-0.15, -0.1) is 0 Å². The van der Waals surface area contributed by atoms with Crippen molar-refractivity contribution in [2.45, 2.75) is 25.0 Å². The fraction of sp³-hybridized carbons (Fsp3) is 1.00. The van der Waals surface area contributed by atoms with E-state index in [4.69, 9.17) is 4.74 Å². The third-order valence-electron chi connectivity index (χ3n) is 1.41. The Hall–Kier alpha value is 0.774. The third-order valence-corrected chi connectivity index (χ3v) is 2.32. The van der Waals surface area contributed by atoms with Crippen LogP contribution in [-0.4, -0.2) is 22.6 Å². The van der Waals surface area contributed by atoms with Crippen LogP contribution in [0, 0.1) is 0 Å². The SMILES string of the molecule is [H-].[Li+].[SiH3]C1CCCCO1. The normalized spacial score (nSPS) is 29.2. The summed E-state index contributed by atoms with van der Waals surface area (Å²) in [5, 5.41) is 0. The van der Waals surface area contributed by atoms with Gasteiger partial charge in [0.05, 0.1) is 0 Å². The molecule has 8 heavy (non-hydrogen) atoms. The van der Waals surface area contributed by atoms with Crippen LogP contribution in [-0.2, 0) is 4.74 Å². The van der Waals surface area contributed by atoms with E-state index in [1.165, 1.54) is 29.5 Å². The van der Waals surface area contributed by atoms with Crippen LogP contribution in [0.25, 0.3) is 0 Å². The summed E-state index contributed by atoms with van der Waals surface area (Å²) in [4.78, 5) is 0. The Balaban J connectivity index is 0. The van der Waals surface area contributed by atoms with Gasteiger partial charge in [0, 0.05) is 22.6 Å². The Labute approximate surface area is 67.3 Å². The van der Waals surface area contributed by atoms with E-state index in [1.807, 2.05) is 0 Å². The Kier molecular flexibility index (Phi) is 5.08. The van der Waals surface area contributed by atoms with Crippen LogP contribution in [0.3, 0.4) is 0 Å². The number of rotatable bonds is 0. The molecule has 1 saturated heterocycles. The molecule has 0 aliphatic carbocycles. The average Bonchev–Trinajstić information content (AvgIpc) is 1.69. The van der Waals surface area contributed by atoms with Crippen LogP contribution in [0.1, 0.15) is 20.7 Å². The van der Waals surface area contributed by atoms with Gasteiger partial charge in [-0.1, -0.05) is 0 Å². The minimum atomic E-state index is 0. The van der Waals surface area contributed by atoms with Gasteiger partial charge in [-0.2, -0.15) is 0 Å². The van der Waals surface area contributed by atoms with E-state index in [0.717, 1.165) is 6.61 Å². The third kappa shape index (κ3) is 2.93. The van der Waals surface area contributed by atoms with Gasteiger partial charge in [-0.25, -0.2) is 0 Å². The summed E-state index contributed by atoms with van der Waals surface area (Å²) in [6.45, 7) is 1.02. The molecule has 1 aliphatic rings. The molecule has 1 atom stereocenters. The zero-order chi connectivity index (χ0) is 5.11. The molecule has 1 heterocycles. The van der Waals surface area contributed by atoms with Crippen molar-refractivity contribution in [2.24, 2.45) is 0 Å². The molecule has 0 bridgehead atoms. The summed E-state index contributed by atoms with van der Waals surface area (Å²) in [5.41, 5.74) is 0.675. The molecule has 1 fully saturated rings. The fourth-order valence-corrected chi connectivity index (χ4v) is 1.55. The van der Waals surface area contributed by atoms with E-state index < -0.39 is 0 Å². The van der Waals surface area contributed by atoms with Crippen LogP contribution < -0.4 is 18.9 Å². The molecule has 0 aromatic rings. The Morgan fingerprint density at radius 2 is 2.25 bits per heavy atom. The number of ether oxygens (including phenoxy) is 1. The monoisotopic (exact) mass is 124 g/mol. The zero-order valence-corrected chi connectivity index (χ0v) is 7.81. The van der Waals surface area contributed by atoms with Crippen molar-refractivity contribution < 1.29 is 25.0 Å². The second-order valence-electron chi connectivity index (χ2n) is 2.18. The fourth-order valence-electron chi connectivity index (χ4n) is 0.902. The van der Waals surface area contributed by atoms with Gasteiger partial charge in [0.15, 0.2) is 0 Å². The summed E-state index contributed by atoms with van der Waals surface area (Å²) in [7, 11) is 1.23. The van der Waals surface area contributed by atoms with Crippen LogP contribution >= 0.6 is 0 Å². The maximum atomic E-state index is 5.34. The molecule has 1 rings (SSSR count). The van der Waals surface area contributed by atoms with Crippen molar-refractivity contribution in [3.63, 3.8) is 0 Å². The minimum Gasteiger partial charge on any atom is -1.00 e. The predicted molar refractivity (Wildman–Crippen MR) is 34.6 cm³/mol. The van der Waals surface area contributed by atoms with Crippen molar-refractivity contribution in [1.29, 1.82) is 0 Å². The second-order valence-corrected chi connectivity index (χ2v) is 3.47. The van der Waals surface area contributed by atoms with Gasteiger partial charge in [-0.3, -0.25) is 0 Å². The molecule has 0 amide bonds. The van der Waals surface area contributed by atoms with Gasteiger partial charge in [0.2, 0.25) is 0 Å². The molecule has 0 spiro atoms. The summed E-state index contributed by atoms with van der Waals surface area (Å²) >= 11 is 0. The largest absolute Gasteiger partial charge is 1.00 e. The maximum Gasteiger partial charge on any atom is 1.00 e. The Morgan fingerprint density at radius 3 is 2.50 bits per heavy atom. The van der Waals surface area contributed by atoms with E-state index in [9.17, 15) is 0 Å².